The highest BCUT2D eigenvalue weighted by Gasteiger charge is 2.18. The van der Waals surface area contributed by atoms with Gasteiger partial charge in [0.25, 0.3) is 5.56 Å². The van der Waals surface area contributed by atoms with Gasteiger partial charge in [-0.05, 0) is 56.0 Å². The zero-order valence-corrected chi connectivity index (χ0v) is 19.7. The Morgan fingerprint density at radius 3 is 2.53 bits per heavy atom. The van der Waals surface area contributed by atoms with Gasteiger partial charge in [0.1, 0.15) is 0 Å². The molecular formula is C26H31N3O2S. The van der Waals surface area contributed by atoms with Gasteiger partial charge in [0.2, 0.25) is 5.91 Å². The van der Waals surface area contributed by atoms with Gasteiger partial charge in [-0.15, -0.1) is 0 Å². The van der Waals surface area contributed by atoms with Crippen LogP contribution in [0.4, 0.5) is 0 Å². The lowest BCUT2D eigenvalue weighted by atomic mass is 9.97. The van der Waals surface area contributed by atoms with Crippen LogP contribution in [0.5, 0.6) is 0 Å². The number of rotatable bonds is 5. The Hall–Kier alpha value is -2.60. The second-order valence-electron chi connectivity index (χ2n) is 8.67. The van der Waals surface area contributed by atoms with Gasteiger partial charge < -0.3 is 5.32 Å². The number of fused-ring (bicyclic) bond motifs is 1. The number of hydrogen-bond donors (Lipinski definition) is 1. The van der Waals surface area contributed by atoms with Crippen molar-refractivity contribution in [2.75, 3.05) is 5.75 Å². The molecule has 1 aliphatic carbocycles. The van der Waals surface area contributed by atoms with Gasteiger partial charge in [0.15, 0.2) is 5.16 Å². The molecule has 1 N–H and O–H groups in total. The van der Waals surface area contributed by atoms with E-state index in [-0.39, 0.29) is 23.3 Å². The van der Waals surface area contributed by atoms with Crippen molar-refractivity contribution in [3.05, 3.63) is 63.9 Å². The summed E-state index contributed by atoms with van der Waals surface area (Å²) in [4.78, 5) is 31.0. The van der Waals surface area contributed by atoms with E-state index in [0.29, 0.717) is 16.1 Å². The first kappa shape index (κ1) is 22.6. The van der Waals surface area contributed by atoms with Crippen LogP contribution in [0, 0.1) is 13.8 Å². The number of nitrogens with zero attached hydrogens (tertiary/aromatic N) is 2. The molecule has 1 saturated carbocycles. The molecule has 1 amide bonds. The number of hydrogen-bond acceptors (Lipinski definition) is 4. The Labute approximate surface area is 193 Å². The molecule has 1 heterocycles. The van der Waals surface area contributed by atoms with E-state index in [2.05, 4.69) is 5.32 Å². The van der Waals surface area contributed by atoms with E-state index in [0.717, 1.165) is 29.7 Å². The number of carbonyl (C=O) groups is 1. The minimum atomic E-state index is -0.104. The van der Waals surface area contributed by atoms with E-state index in [1.807, 2.05) is 56.3 Å². The first-order valence-corrected chi connectivity index (χ1v) is 12.5. The minimum Gasteiger partial charge on any atom is -0.353 e. The molecule has 1 fully saturated rings. The lowest BCUT2D eigenvalue weighted by Gasteiger charge is -2.21. The van der Waals surface area contributed by atoms with Crippen LogP contribution in [0.15, 0.2) is 52.4 Å². The van der Waals surface area contributed by atoms with Crippen molar-refractivity contribution in [3.63, 3.8) is 0 Å². The van der Waals surface area contributed by atoms with Crippen molar-refractivity contribution in [1.82, 2.24) is 14.9 Å². The van der Waals surface area contributed by atoms with Crippen molar-refractivity contribution in [1.29, 1.82) is 0 Å². The number of nitrogens with one attached hydrogen (secondary N) is 1. The summed E-state index contributed by atoms with van der Waals surface area (Å²) >= 11 is 1.33. The van der Waals surface area contributed by atoms with E-state index in [1.165, 1.54) is 43.9 Å². The lowest BCUT2D eigenvalue weighted by Crippen LogP contribution is -2.36. The monoisotopic (exact) mass is 449 g/mol. The fraction of sp³-hybridized carbons (Fsp3) is 0.423. The molecule has 0 bridgehead atoms. The van der Waals surface area contributed by atoms with Gasteiger partial charge in [-0.2, -0.15) is 0 Å². The molecule has 5 nitrogen and oxygen atoms in total. The standard InChI is InChI=1S/C26H31N3O2S/c1-18-11-10-16-23(19(18)2)29-25(31)21-14-8-9-15-22(21)28-26(29)32-17-24(30)27-20-12-6-4-3-5-7-13-20/h8-11,14-16,20H,3-7,12-13,17H2,1-2H3,(H,27,30). The number of aryl methyl sites for hydroxylation is 1. The van der Waals surface area contributed by atoms with E-state index < -0.39 is 0 Å². The zero-order chi connectivity index (χ0) is 22.5. The third kappa shape index (κ3) is 5.07. The number of amides is 1. The van der Waals surface area contributed by atoms with Crippen molar-refractivity contribution in [2.45, 2.75) is 70.0 Å². The molecule has 1 aliphatic rings. The van der Waals surface area contributed by atoms with Crippen LogP contribution in [0.3, 0.4) is 0 Å². The largest absolute Gasteiger partial charge is 0.353 e. The molecule has 3 aromatic rings. The Bertz CT molecular complexity index is 1160. The van der Waals surface area contributed by atoms with Gasteiger partial charge in [-0.3, -0.25) is 14.2 Å². The molecule has 6 heteroatoms. The van der Waals surface area contributed by atoms with Crippen LogP contribution in [-0.2, 0) is 4.79 Å². The molecule has 4 rings (SSSR count). The molecule has 0 radical (unpaired) electrons. The molecule has 0 unspecified atom stereocenters. The second kappa shape index (κ2) is 10.3. The van der Waals surface area contributed by atoms with Crippen molar-refractivity contribution >= 4 is 28.6 Å². The summed E-state index contributed by atoms with van der Waals surface area (Å²) in [6.07, 6.45) is 8.28. The molecule has 0 spiro atoms. The van der Waals surface area contributed by atoms with Crippen LogP contribution < -0.4 is 10.9 Å². The van der Waals surface area contributed by atoms with Crippen LogP contribution in [0.25, 0.3) is 16.6 Å². The second-order valence-corrected chi connectivity index (χ2v) is 9.61. The fourth-order valence-electron chi connectivity index (χ4n) is 4.40. The highest BCUT2D eigenvalue weighted by molar-refractivity contribution is 7.99. The number of thioether (sulfide) groups is 1. The molecule has 168 valence electrons. The van der Waals surface area contributed by atoms with Gasteiger partial charge in [0, 0.05) is 6.04 Å². The summed E-state index contributed by atoms with van der Waals surface area (Å²) < 4.78 is 1.67. The van der Waals surface area contributed by atoms with Crippen LogP contribution in [0.1, 0.15) is 56.1 Å². The van der Waals surface area contributed by atoms with Crippen LogP contribution in [-0.4, -0.2) is 27.3 Å². The van der Waals surface area contributed by atoms with Gasteiger partial charge in [-0.25, -0.2) is 4.98 Å². The van der Waals surface area contributed by atoms with Crippen LogP contribution in [0.2, 0.25) is 0 Å². The maximum Gasteiger partial charge on any atom is 0.266 e. The average molecular weight is 450 g/mol. The molecule has 0 atom stereocenters. The fourth-order valence-corrected chi connectivity index (χ4v) is 5.22. The normalized spacial score (nSPS) is 15.3. The van der Waals surface area contributed by atoms with Gasteiger partial charge in [0.05, 0.1) is 22.3 Å². The summed E-state index contributed by atoms with van der Waals surface area (Å²) in [5, 5.41) is 4.34. The highest BCUT2D eigenvalue weighted by Crippen LogP contribution is 2.25. The predicted molar refractivity (Wildman–Crippen MR) is 132 cm³/mol. The third-order valence-corrected chi connectivity index (χ3v) is 7.30. The molecule has 2 aromatic carbocycles. The Kier molecular flexibility index (Phi) is 7.30. The summed E-state index contributed by atoms with van der Waals surface area (Å²) in [5.41, 5.74) is 3.51. The Morgan fingerprint density at radius 2 is 1.75 bits per heavy atom. The maximum absolute atomic E-state index is 13.5. The summed E-state index contributed by atoms with van der Waals surface area (Å²) in [7, 11) is 0. The maximum atomic E-state index is 13.5. The quantitative estimate of drug-likeness (QED) is 0.423. The van der Waals surface area contributed by atoms with Crippen molar-refractivity contribution < 1.29 is 4.79 Å². The SMILES string of the molecule is Cc1cccc(-n2c(SCC(=O)NC3CCCCCCC3)nc3ccccc3c2=O)c1C. The number of carbonyl (C=O) groups excluding carboxylic acids is 1. The topological polar surface area (TPSA) is 64.0 Å². The number of benzene rings is 2. The summed E-state index contributed by atoms with van der Waals surface area (Å²) in [6, 6.07) is 13.6. The number of para-hydroxylation sites is 1. The predicted octanol–water partition coefficient (Wildman–Crippen LogP) is 5.32. The van der Waals surface area contributed by atoms with Crippen molar-refractivity contribution in [3.8, 4) is 5.69 Å². The van der Waals surface area contributed by atoms with Gasteiger partial charge >= 0.3 is 0 Å². The highest BCUT2D eigenvalue weighted by atomic mass is 32.2. The molecule has 32 heavy (non-hydrogen) atoms. The van der Waals surface area contributed by atoms with Crippen molar-refractivity contribution in [2.24, 2.45) is 0 Å². The zero-order valence-electron chi connectivity index (χ0n) is 18.9. The Balaban J connectivity index is 1.62. The molecular weight excluding hydrogens is 418 g/mol. The lowest BCUT2D eigenvalue weighted by molar-refractivity contribution is -0.119. The average Bonchev–Trinajstić information content (AvgIpc) is 2.77. The van der Waals surface area contributed by atoms with E-state index in [4.69, 9.17) is 4.98 Å². The van der Waals surface area contributed by atoms with E-state index in [9.17, 15) is 9.59 Å². The first-order valence-electron chi connectivity index (χ1n) is 11.5. The summed E-state index contributed by atoms with van der Waals surface area (Å²) in [5.74, 6) is 0.252. The Morgan fingerprint density at radius 1 is 1.03 bits per heavy atom. The summed E-state index contributed by atoms with van der Waals surface area (Å²) in [6.45, 7) is 4.05. The molecule has 0 saturated heterocycles. The smallest absolute Gasteiger partial charge is 0.266 e. The number of aromatic nitrogens is 2. The third-order valence-electron chi connectivity index (χ3n) is 6.36. The molecule has 0 aliphatic heterocycles. The van der Waals surface area contributed by atoms with E-state index in [1.54, 1.807) is 4.57 Å². The van der Waals surface area contributed by atoms with Crippen LogP contribution >= 0.6 is 11.8 Å². The van der Waals surface area contributed by atoms with Gasteiger partial charge in [-0.1, -0.05) is 68.1 Å². The van der Waals surface area contributed by atoms with E-state index >= 15 is 0 Å². The molecule has 1 aromatic heterocycles. The first-order chi connectivity index (χ1) is 15.5. The minimum absolute atomic E-state index is 0.00972.